The second kappa shape index (κ2) is 3.89. The maximum Gasteiger partial charge on any atom is 0.123 e. The molecule has 0 aliphatic rings. The molecule has 0 radical (unpaired) electrons. The molecule has 0 spiro atoms. The van der Waals surface area contributed by atoms with Gasteiger partial charge in [-0.05, 0) is 54.8 Å². The van der Waals surface area contributed by atoms with Crippen LogP contribution in [-0.2, 0) is 0 Å². The molecule has 2 N–H and O–H groups in total. The number of aryl methyl sites for hydroxylation is 2. The highest BCUT2D eigenvalue weighted by Gasteiger charge is 2.06. The molecule has 0 aliphatic carbocycles. The van der Waals surface area contributed by atoms with Crippen molar-refractivity contribution in [3.8, 4) is 22.6 Å². The summed E-state index contributed by atoms with van der Waals surface area (Å²) in [6.07, 6.45) is 0. The third-order valence-corrected chi connectivity index (χ3v) is 2.79. The van der Waals surface area contributed by atoms with Gasteiger partial charge in [-0.2, -0.15) is 0 Å². The summed E-state index contributed by atoms with van der Waals surface area (Å²) in [6, 6.07) is 10.5. The smallest absolute Gasteiger partial charge is 0.123 e. The Morgan fingerprint density at radius 2 is 1.38 bits per heavy atom. The van der Waals surface area contributed by atoms with Crippen LogP contribution in [0.2, 0.25) is 0 Å². The average molecular weight is 214 g/mol. The van der Waals surface area contributed by atoms with Crippen molar-refractivity contribution < 1.29 is 10.2 Å². The fourth-order valence-electron chi connectivity index (χ4n) is 1.67. The molecule has 0 heterocycles. The van der Waals surface area contributed by atoms with E-state index in [1.165, 1.54) is 0 Å². The number of hydrogen-bond donors (Lipinski definition) is 2. The molecule has 16 heavy (non-hydrogen) atoms. The van der Waals surface area contributed by atoms with E-state index < -0.39 is 0 Å². The lowest BCUT2D eigenvalue weighted by Gasteiger charge is -2.08. The Morgan fingerprint density at radius 3 is 2.00 bits per heavy atom. The van der Waals surface area contributed by atoms with E-state index in [-0.39, 0.29) is 11.5 Å². The molecule has 0 saturated carbocycles. The molecule has 0 unspecified atom stereocenters. The number of rotatable bonds is 1. The van der Waals surface area contributed by atoms with Gasteiger partial charge in [0.25, 0.3) is 0 Å². The standard InChI is InChI=1S/C14H14O2/c1-9-7-13(14(16)8-10(9)2)11-3-5-12(15)6-4-11/h3-8,15-16H,1-2H3. The van der Waals surface area contributed by atoms with Crippen LogP contribution < -0.4 is 0 Å². The van der Waals surface area contributed by atoms with Crippen molar-refractivity contribution in [1.29, 1.82) is 0 Å². The summed E-state index contributed by atoms with van der Waals surface area (Å²) in [7, 11) is 0. The van der Waals surface area contributed by atoms with Crippen LogP contribution in [0.5, 0.6) is 11.5 Å². The second-order valence-corrected chi connectivity index (χ2v) is 4.00. The van der Waals surface area contributed by atoms with Crippen molar-refractivity contribution in [3.05, 3.63) is 47.5 Å². The van der Waals surface area contributed by atoms with Crippen LogP contribution in [0.1, 0.15) is 11.1 Å². The van der Waals surface area contributed by atoms with Crippen LogP contribution >= 0.6 is 0 Å². The molecular weight excluding hydrogens is 200 g/mol. The Morgan fingerprint density at radius 1 is 0.812 bits per heavy atom. The molecular formula is C14H14O2. The summed E-state index contributed by atoms with van der Waals surface area (Å²) in [5.41, 5.74) is 3.91. The molecule has 0 saturated heterocycles. The molecule has 2 rings (SSSR count). The van der Waals surface area contributed by atoms with Crippen molar-refractivity contribution in [3.63, 3.8) is 0 Å². The summed E-state index contributed by atoms with van der Waals surface area (Å²) >= 11 is 0. The Labute approximate surface area is 94.8 Å². The van der Waals surface area contributed by atoms with Crippen LogP contribution in [0.25, 0.3) is 11.1 Å². The number of hydrogen-bond acceptors (Lipinski definition) is 2. The Balaban J connectivity index is 2.56. The fourth-order valence-corrected chi connectivity index (χ4v) is 1.67. The molecule has 2 nitrogen and oxygen atoms in total. The fraction of sp³-hybridized carbons (Fsp3) is 0.143. The highest BCUT2D eigenvalue weighted by molar-refractivity contribution is 5.72. The monoisotopic (exact) mass is 214 g/mol. The van der Waals surface area contributed by atoms with Gasteiger partial charge in [0.15, 0.2) is 0 Å². The maximum atomic E-state index is 9.88. The molecule has 0 aliphatic heterocycles. The van der Waals surface area contributed by atoms with Crippen LogP contribution in [0.3, 0.4) is 0 Å². The van der Waals surface area contributed by atoms with E-state index in [2.05, 4.69) is 0 Å². The van der Waals surface area contributed by atoms with Crippen molar-refractivity contribution >= 4 is 0 Å². The first kappa shape index (κ1) is 10.6. The number of benzene rings is 2. The molecule has 0 bridgehead atoms. The lowest BCUT2D eigenvalue weighted by atomic mass is 9.99. The highest BCUT2D eigenvalue weighted by atomic mass is 16.3. The van der Waals surface area contributed by atoms with Gasteiger partial charge in [0.1, 0.15) is 11.5 Å². The predicted molar refractivity (Wildman–Crippen MR) is 64.7 cm³/mol. The Hall–Kier alpha value is -1.96. The number of phenolic OH excluding ortho intramolecular Hbond substituents is 2. The third-order valence-electron chi connectivity index (χ3n) is 2.79. The average Bonchev–Trinajstić information content (AvgIpc) is 2.25. The van der Waals surface area contributed by atoms with E-state index >= 15 is 0 Å². The van der Waals surface area contributed by atoms with Crippen molar-refractivity contribution in [2.24, 2.45) is 0 Å². The van der Waals surface area contributed by atoms with Crippen LogP contribution in [-0.4, -0.2) is 10.2 Å². The van der Waals surface area contributed by atoms with Gasteiger partial charge >= 0.3 is 0 Å². The van der Waals surface area contributed by atoms with Gasteiger partial charge in [-0.3, -0.25) is 0 Å². The number of aromatic hydroxyl groups is 2. The van der Waals surface area contributed by atoms with E-state index in [1.807, 2.05) is 19.9 Å². The molecule has 0 aromatic heterocycles. The van der Waals surface area contributed by atoms with Crippen LogP contribution in [0, 0.1) is 13.8 Å². The van der Waals surface area contributed by atoms with E-state index in [0.717, 1.165) is 22.3 Å². The first-order chi connectivity index (χ1) is 7.58. The quantitative estimate of drug-likeness (QED) is 0.764. The van der Waals surface area contributed by atoms with E-state index in [9.17, 15) is 10.2 Å². The predicted octanol–water partition coefficient (Wildman–Crippen LogP) is 3.38. The Bertz CT molecular complexity index is 513. The minimum Gasteiger partial charge on any atom is -0.508 e. The molecule has 0 amide bonds. The zero-order valence-electron chi connectivity index (χ0n) is 9.36. The molecule has 82 valence electrons. The highest BCUT2D eigenvalue weighted by Crippen LogP contribution is 2.32. The number of phenols is 2. The lowest BCUT2D eigenvalue weighted by Crippen LogP contribution is -1.85. The Kier molecular flexibility index (Phi) is 2.57. The van der Waals surface area contributed by atoms with Gasteiger partial charge in [-0.1, -0.05) is 12.1 Å². The summed E-state index contributed by atoms with van der Waals surface area (Å²) in [5.74, 6) is 0.501. The molecule has 0 fully saturated rings. The summed E-state index contributed by atoms with van der Waals surface area (Å²) in [5, 5.41) is 19.1. The van der Waals surface area contributed by atoms with Crippen molar-refractivity contribution in [1.82, 2.24) is 0 Å². The van der Waals surface area contributed by atoms with Gasteiger partial charge in [-0.15, -0.1) is 0 Å². The summed E-state index contributed by atoms with van der Waals surface area (Å²) in [6.45, 7) is 3.98. The summed E-state index contributed by atoms with van der Waals surface area (Å²) in [4.78, 5) is 0. The van der Waals surface area contributed by atoms with Gasteiger partial charge in [0, 0.05) is 5.56 Å². The lowest BCUT2D eigenvalue weighted by molar-refractivity contribution is 0.474. The van der Waals surface area contributed by atoms with Crippen LogP contribution in [0.15, 0.2) is 36.4 Å². The van der Waals surface area contributed by atoms with Gasteiger partial charge in [0.05, 0.1) is 0 Å². The topological polar surface area (TPSA) is 40.5 Å². The zero-order chi connectivity index (χ0) is 11.7. The molecule has 2 aromatic carbocycles. The SMILES string of the molecule is Cc1cc(O)c(-c2ccc(O)cc2)cc1C. The van der Waals surface area contributed by atoms with Gasteiger partial charge in [-0.25, -0.2) is 0 Å². The zero-order valence-corrected chi connectivity index (χ0v) is 9.36. The minimum atomic E-state index is 0.229. The second-order valence-electron chi connectivity index (χ2n) is 4.00. The molecule has 2 heteroatoms. The van der Waals surface area contributed by atoms with E-state index in [0.29, 0.717) is 0 Å². The largest absolute Gasteiger partial charge is 0.508 e. The van der Waals surface area contributed by atoms with Gasteiger partial charge < -0.3 is 10.2 Å². The third kappa shape index (κ3) is 1.87. The van der Waals surface area contributed by atoms with Crippen LogP contribution in [0.4, 0.5) is 0 Å². The molecule has 0 atom stereocenters. The van der Waals surface area contributed by atoms with Crippen molar-refractivity contribution in [2.75, 3.05) is 0 Å². The van der Waals surface area contributed by atoms with E-state index in [1.54, 1.807) is 30.3 Å². The maximum absolute atomic E-state index is 9.88. The van der Waals surface area contributed by atoms with Crippen molar-refractivity contribution in [2.45, 2.75) is 13.8 Å². The first-order valence-corrected chi connectivity index (χ1v) is 5.17. The first-order valence-electron chi connectivity index (χ1n) is 5.17. The normalized spacial score (nSPS) is 10.4. The minimum absolute atomic E-state index is 0.229. The van der Waals surface area contributed by atoms with E-state index in [4.69, 9.17) is 0 Å². The summed E-state index contributed by atoms with van der Waals surface area (Å²) < 4.78 is 0. The van der Waals surface area contributed by atoms with Gasteiger partial charge in [0.2, 0.25) is 0 Å². The molecule has 2 aromatic rings.